The molecule has 0 heteroatoms. The van der Waals surface area contributed by atoms with E-state index in [1.807, 2.05) is 0 Å². The predicted octanol–water partition coefficient (Wildman–Crippen LogP) is 6.30. The standard InChI is InChI=1S/C17H36/c1-10-15(4,5)12-17(8,9)13-16(6,7)11-14(2)3/h14H,10-13H2,1-9H3. The van der Waals surface area contributed by atoms with Crippen LogP contribution in [0.25, 0.3) is 0 Å². The van der Waals surface area contributed by atoms with Crippen LogP contribution in [0.3, 0.4) is 0 Å². The average Bonchev–Trinajstić information content (AvgIpc) is 1.96. The normalized spacial score (nSPS) is 14.5. The second kappa shape index (κ2) is 5.76. The first-order chi connectivity index (χ1) is 7.39. The molecule has 0 aliphatic heterocycles. The van der Waals surface area contributed by atoms with E-state index in [4.69, 9.17) is 0 Å². The number of rotatable bonds is 7. The van der Waals surface area contributed by atoms with E-state index in [0.717, 1.165) is 5.92 Å². The van der Waals surface area contributed by atoms with Gasteiger partial charge in [0.15, 0.2) is 0 Å². The lowest BCUT2D eigenvalue weighted by Gasteiger charge is -2.40. The van der Waals surface area contributed by atoms with Gasteiger partial charge >= 0.3 is 0 Å². The predicted molar refractivity (Wildman–Crippen MR) is 80.3 cm³/mol. The molecule has 0 radical (unpaired) electrons. The summed E-state index contributed by atoms with van der Waals surface area (Å²) in [4.78, 5) is 0. The van der Waals surface area contributed by atoms with Gasteiger partial charge in [-0.1, -0.05) is 68.7 Å². The summed E-state index contributed by atoms with van der Waals surface area (Å²) in [6.45, 7) is 21.6. The fourth-order valence-corrected chi connectivity index (χ4v) is 3.96. The molecule has 0 heterocycles. The Labute approximate surface area is 111 Å². The van der Waals surface area contributed by atoms with Gasteiger partial charge < -0.3 is 0 Å². The van der Waals surface area contributed by atoms with E-state index >= 15 is 0 Å². The molecule has 0 aliphatic rings. The van der Waals surface area contributed by atoms with E-state index in [1.54, 1.807) is 0 Å². The Kier molecular flexibility index (Phi) is 5.76. The fourth-order valence-electron chi connectivity index (χ4n) is 3.96. The molecule has 0 spiro atoms. The summed E-state index contributed by atoms with van der Waals surface area (Å²) in [6.07, 6.45) is 5.28. The highest BCUT2D eigenvalue weighted by Gasteiger charge is 2.33. The average molecular weight is 240 g/mol. The molecular weight excluding hydrogens is 204 g/mol. The maximum atomic E-state index is 2.45. The van der Waals surface area contributed by atoms with Gasteiger partial charge in [0.25, 0.3) is 0 Å². The Hall–Kier alpha value is 0. The fraction of sp³-hybridized carbons (Fsp3) is 1.00. The summed E-state index contributed by atoms with van der Waals surface area (Å²) in [7, 11) is 0. The topological polar surface area (TPSA) is 0 Å². The van der Waals surface area contributed by atoms with Crippen LogP contribution in [-0.4, -0.2) is 0 Å². The van der Waals surface area contributed by atoms with Gasteiger partial charge in [0.1, 0.15) is 0 Å². The SMILES string of the molecule is CCC(C)(C)CC(C)(C)CC(C)(C)CC(C)C. The summed E-state index contributed by atoms with van der Waals surface area (Å²) in [6, 6.07) is 0. The Morgan fingerprint density at radius 2 is 1.12 bits per heavy atom. The molecule has 17 heavy (non-hydrogen) atoms. The van der Waals surface area contributed by atoms with Crippen LogP contribution in [0.15, 0.2) is 0 Å². The molecule has 0 fully saturated rings. The van der Waals surface area contributed by atoms with E-state index in [9.17, 15) is 0 Å². The third kappa shape index (κ3) is 7.84. The van der Waals surface area contributed by atoms with Crippen LogP contribution in [-0.2, 0) is 0 Å². The molecule has 0 aromatic rings. The summed E-state index contributed by atoms with van der Waals surface area (Å²) in [5, 5.41) is 0. The lowest BCUT2D eigenvalue weighted by Crippen LogP contribution is -2.29. The summed E-state index contributed by atoms with van der Waals surface area (Å²) in [5.74, 6) is 0.806. The molecule has 0 N–H and O–H groups in total. The highest BCUT2D eigenvalue weighted by molar-refractivity contribution is 4.84. The maximum Gasteiger partial charge on any atom is -0.0344 e. The summed E-state index contributed by atoms with van der Waals surface area (Å²) in [5.41, 5.74) is 1.41. The zero-order valence-corrected chi connectivity index (χ0v) is 13.9. The van der Waals surface area contributed by atoms with Gasteiger partial charge in [-0.15, -0.1) is 0 Å². The van der Waals surface area contributed by atoms with Crippen molar-refractivity contribution in [1.29, 1.82) is 0 Å². The van der Waals surface area contributed by atoms with E-state index in [-0.39, 0.29) is 0 Å². The molecule has 0 aliphatic carbocycles. The Morgan fingerprint density at radius 3 is 1.47 bits per heavy atom. The second-order valence-corrected chi connectivity index (χ2v) is 8.80. The van der Waals surface area contributed by atoms with E-state index in [1.165, 1.54) is 25.7 Å². The van der Waals surface area contributed by atoms with Crippen LogP contribution in [0.4, 0.5) is 0 Å². The molecule has 0 saturated heterocycles. The minimum absolute atomic E-state index is 0.456. The Bertz CT molecular complexity index is 218. The zero-order valence-electron chi connectivity index (χ0n) is 13.9. The van der Waals surface area contributed by atoms with Crippen LogP contribution in [0.5, 0.6) is 0 Å². The monoisotopic (exact) mass is 240 g/mol. The summed E-state index contributed by atoms with van der Waals surface area (Å²) < 4.78 is 0. The van der Waals surface area contributed by atoms with Crippen LogP contribution in [0, 0.1) is 22.2 Å². The zero-order chi connectivity index (χ0) is 13.9. The number of hydrogen-bond donors (Lipinski definition) is 0. The van der Waals surface area contributed by atoms with Crippen molar-refractivity contribution in [2.45, 2.75) is 88.0 Å². The molecule has 0 aromatic carbocycles. The van der Waals surface area contributed by atoms with Gasteiger partial charge in [0, 0.05) is 0 Å². The highest BCUT2D eigenvalue weighted by atomic mass is 14.4. The van der Waals surface area contributed by atoms with Crippen LogP contribution in [0.1, 0.15) is 88.0 Å². The van der Waals surface area contributed by atoms with Crippen molar-refractivity contribution in [3.8, 4) is 0 Å². The van der Waals surface area contributed by atoms with Crippen molar-refractivity contribution in [2.75, 3.05) is 0 Å². The molecule has 0 unspecified atom stereocenters. The van der Waals surface area contributed by atoms with Crippen molar-refractivity contribution in [3.05, 3.63) is 0 Å². The van der Waals surface area contributed by atoms with E-state index in [2.05, 4.69) is 62.3 Å². The van der Waals surface area contributed by atoms with Gasteiger partial charge in [-0.25, -0.2) is 0 Å². The van der Waals surface area contributed by atoms with E-state index in [0.29, 0.717) is 16.2 Å². The quantitative estimate of drug-likeness (QED) is 0.490. The minimum atomic E-state index is 0.456. The molecule has 104 valence electrons. The van der Waals surface area contributed by atoms with Crippen molar-refractivity contribution < 1.29 is 0 Å². The van der Waals surface area contributed by atoms with Crippen LogP contribution in [0.2, 0.25) is 0 Å². The maximum absolute atomic E-state index is 2.45. The first kappa shape index (κ1) is 17.0. The lowest BCUT2D eigenvalue weighted by atomic mass is 9.65. The van der Waals surface area contributed by atoms with Crippen molar-refractivity contribution >= 4 is 0 Å². The largest absolute Gasteiger partial charge is 0.0649 e. The number of hydrogen-bond acceptors (Lipinski definition) is 0. The van der Waals surface area contributed by atoms with Crippen molar-refractivity contribution in [3.63, 3.8) is 0 Å². The van der Waals surface area contributed by atoms with Crippen LogP contribution < -0.4 is 0 Å². The first-order valence-corrected chi connectivity index (χ1v) is 7.39. The van der Waals surface area contributed by atoms with Crippen molar-refractivity contribution in [2.24, 2.45) is 22.2 Å². The molecule has 0 bridgehead atoms. The highest BCUT2D eigenvalue weighted by Crippen LogP contribution is 2.45. The summed E-state index contributed by atoms with van der Waals surface area (Å²) >= 11 is 0. The van der Waals surface area contributed by atoms with Crippen LogP contribution >= 0.6 is 0 Å². The molecular formula is C17H36. The third-order valence-electron chi connectivity index (χ3n) is 3.83. The van der Waals surface area contributed by atoms with Gasteiger partial charge in [0.05, 0.1) is 0 Å². The molecule has 0 nitrogen and oxygen atoms in total. The Balaban J connectivity index is 4.53. The molecule has 0 saturated carbocycles. The first-order valence-electron chi connectivity index (χ1n) is 7.39. The minimum Gasteiger partial charge on any atom is -0.0649 e. The smallest absolute Gasteiger partial charge is 0.0344 e. The van der Waals surface area contributed by atoms with Gasteiger partial charge in [-0.05, 0) is 41.4 Å². The third-order valence-corrected chi connectivity index (χ3v) is 3.83. The van der Waals surface area contributed by atoms with Gasteiger partial charge in [-0.3, -0.25) is 0 Å². The van der Waals surface area contributed by atoms with Crippen molar-refractivity contribution in [1.82, 2.24) is 0 Å². The second-order valence-electron chi connectivity index (χ2n) is 8.80. The lowest BCUT2D eigenvalue weighted by molar-refractivity contribution is 0.109. The molecule has 0 rings (SSSR count). The van der Waals surface area contributed by atoms with E-state index < -0.39 is 0 Å². The molecule has 0 aromatic heterocycles. The van der Waals surface area contributed by atoms with Gasteiger partial charge in [-0.2, -0.15) is 0 Å². The molecule has 0 atom stereocenters. The van der Waals surface area contributed by atoms with Gasteiger partial charge in [0.2, 0.25) is 0 Å². The Morgan fingerprint density at radius 1 is 0.706 bits per heavy atom. The molecule has 0 amide bonds.